The summed E-state index contributed by atoms with van der Waals surface area (Å²) in [6.45, 7) is 1.94. The first kappa shape index (κ1) is 12.7. The highest BCUT2D eigenvalue weighted by Gasteiger charge is 2.30. The lowest BCUT2D eigenvalue weighted by atomic mass is 9.95. The number of rotatable bonds is 2. The third-order valence-electron chi connectivity index (χ3n) is 3.52. The fourth-order valence-electron chi connectivity index (χ4n) is 2.54. The number of carbonyl (C=O) groups is 1. The molecule has 0 amide bonds. The van der Waals surface area contributed by atoms with E-state index in [4.69, 9.17) is 9.47 Å². The van der Waals surface area contributed by atoms with Crippen LogP contribution in [0.25, 0.3) is 0 Å². The summed E-state index contributed by atoms with van der Waals surface area (Å²) in [5, 5.41) is 0. The average molecular weight is 268 g/mol. The van der Waals surface area contributed by atoms with Crippen molar-refractivity contribution in [2.45, 2.75) is 19.4 Å². The molecule has 102 valence electrons. The Morgan fingerprint density at radius 1 is 1.20 bits per heavy atom. The summed E-state index contributed by atoms with van der Waals surface area (Å²) in [6.07, 6.45) is 0.122. The van der Waals surface area contributed by atoms with Crippen LogP contribution in [0.3, 0.4) is 0 Å². The predicted octanol–water partition coefficient (Wildman–Crippen LogP) is 3.71. The van der Waals surface area contributed by atoms with Crippen LogP contribution >= 0.6 is 0 Å². The second-order valence-corrected chi connectivity index (χ2v) is 4.99. The molecule has 0 saturated heterocycles. The smallest absolute Gasteiger partial charge is 0.172 e. The van der Waals surface area contributed by atoms with Gasteiger partial charge in [0.15, 0.2) is 17.3 Å². The summed E-state index contributed by atoms with van der Waals surface area (Å²) in [7, 11) is 1.59. The van der Waals surface area contributed by atoms with Crippen molar-refractivity contribution in [1.29, 1.82) is 0 Å². The van der Waals surface area contributed by atoms with E-state index < -0.39 is 0 Å². The van der Waals surface area contributed by atoms with E-state index in [-0.39, 0.29) is 11.9 Å². The number of ether oxygens (including phenoxy) is 2. The minimum absolute atomic E-state index is 0.0992. The maximum atomic E-state index is 12.4. The Bertz CT molecular complexity index is 647. The molecule has 2 aromatic carbocycles. The standard InChI is InChI=1S/C17H16O3/c1-11-8-13-14(18)10-15(12-6-4-3-5-7-12)20-17(13)16(9-11)19-2/h3-9,15H,10H2,1-2H3/t15-/m1/s1. The van der Waals surface area contributed by atoms with Gasteiger partial charge in [-0.05, 0) is 30.2 Å². The van der Waals surface area contributed by atoms with E-state index in [0.29, 0.717) is 23.5 Å². The first-order chi connectivity index (χ1) is 9.69. The molecule has 0 bridgehead atoms. The van der Waals surface area contributed by atoms with Crippen molar-refractivity contribution < 1.29 is 14.3 Å². The summed E-state index contributed by atoms with van der Waals surface area (Å²) in [4.78, 5) is 12.4. The second kappa shape index (κ2) is 5.00. The van der Waals surface area contributed by atoms with Crippen molar-refractivity contribution in [3.8, 4) is 11.5 Å². The first-order valence-electron chi connectivity index (χ1n) is 6.62. The maximum absolute atomic E-state index is 12.4. The Balaban J connectivity index is 2.04. The lowest BCUT2D eigenvalue weighted by Gasteiger charge is -2.27. The van der Waals surface area contributed by atoms with E-state index in [1.165, 1.54) is 0 Å². The number of carbonyl (C=O) groups excluding carboxylic acids is 1. The molecule has 3 nitrogen and oxygen atoms in total. The van der Waals surface area contributed by atoms with Gasteiger partial charge in [0.1, 0.15) is 6.10 Å². The van der Waals surface area contributed by atoms with Crippen LogP contribution in [0.15, 0.2) is 42.5 Å². The molecule has 0 spiro atoms. The van der Waals surface area contributed by atoms with E-state index in [0.717, 1.165) is 11.1 Å². The molecule has 1 atom stereocenters. The van der Waals surface area contributed by atoms with E-state index in [1.54, 1.807) is 7.11 Å². The predicted molar refractivity (Wildman–Crippen MR) is 76.5 cm³/mol. The van der Waals surface area contributed by atoms with Crippen LogP contribution in [-0.4, -0.2) is 12.9 Å². The average Bonchev–Trinajstić information content (AvgIpc) is 2.48. The van der Waals surface area contributed by atoms with Crippen LogP contribution in [0.2, 0.25) is 0 Å². The van der Waals surface area contributed by atoms with E-state index in [2.05, 4.69) is 0 Å². The lowest BCUT2D eigenvalue weighted by Crippen LogP contribution is -2.21. The molecular formula is C17H16O3. The van der Waals surface area contributed by atoms with Crippen LogP contribution in [0.4, 0.5) is 0 Å². The normalized spacial score (nSPS) is 17.3. The van der Waals surface area contributed by atoms with Crippen LogP contribution < -0.4 is 9.47 Å². The molecular weight excluding hydrogens is 252 g/mol. The number of Topliss-reactive ketones (excluding diaryl/α,β-unsaturated/α-hetero) is 1. The van der Waals surface area contributed by atoms with Gasteiger partial charge in [-0.1, -0.05) is 30.3 Å². The van der Waals surface area contributed by atoms with Gasteiger partial charge in [0.05, 0.1) is 19.1 Å². The summed E-state index contributed by atoms with van der Waals surface area (Å²) in [6, 6.07) is 13.6. The molecule has 3 heteroatoms. The van der Waals surface area contributed by atoms with Crippen molar-refractivity contribution in [3.63, 3.8) is 0 Å². The summed E-state index contributed by atoms with van der Waals surface area (Å²) < 4.78 is 11.4. The number of ketones is 1. The SMILES string of the molecule is COc1cc(C)cc2c1O[C@@H](c1ccccc1)CC2=O. The highest BCUT2D eigenvalue weighted by Crippen LogP contribution is 2.41. The van der Waals surface area contributed by atoms with Gasteiger partial charge < -0.3 is 9.47 Å². The Hall–Kier alpha value is -2.29. The second-order valence-electron chi connectivity index (χ2n) is 4.99. The minimum atomic E-state index is -0.243. The molecule has 2 aromatic rings. The number of methoxy groups -OCH3 is 1. The third-order valence-corrected chi connectivity index (χ3v) is 3.52. The number of fused-ring (bicyclic) bond motifs is 1. The topological polar surface area (TPSA) is 35.5 Å². The molecule has 0 aliphatic carbocycles. The fourth-order valence-corrected chi connectivity index (χ4v) is 2.54. The van der Waals surface area contributed by atoms with E-state index >= 15 is 0 Å². The molecule has 1 heterocycles. The van der Waals surface area contributed by atoms with Gasteiger partial charge in [-0.3, -0.25) is 4.79 Å². The number of hydrogen-bond acceptors (Lipinski definition) is 3. The molecule has 0 radical (unpaired) electrons. The Morgan fingerprint density at radius 2 is 1.95 bits per heavy atom. The highest BCUT2D eigenvalue weighted by atomic mass is 16.5. The zero-order chi connectivity index (χ0) is 14.1. The van der Waals surface area contributed by atoms with E-state index in [9.17, 15) is 4.79 Å². The fraction of sp³-hybridized carbons (Fsp3) is 0.235. The third kappa shape index (κ3) is 2.16. The lowest BCUT2D eigenvalue weighted by molar-refractivity contribution is 0.0842. The van der Waals surface area contributed by atoms with Gasteiger partial charge >= 0.3 is 0 Å². The Morgan fingerprint density at radius 3 is 2.65 bits per heavy atom. The van der Waals surface area contributed by atoms with Gasteiger partial charge in [-0.2, -0.15) is 0 Å². The number of aryl methyl sites for hydroxylation is 1. The Labute approximate surface area is 118 Å². The van der Waals surface area contributed by atoms with Crippen LogP contribution in [0.1, 0.15) is 34.0 Å². The van der Waals surface area contributed by atoms with Crippen molar-refractivity contribution in [3.05, 3.63) is 59.2 Å². The Kier molecular flexibility index (Phi) is 3.18. The number of hydrogen-bond donors (Lipinski definition) is 0. The van der Waals surface area contributed by atoms with Gasteiger partial charge in [0.25, 0.3) is 0 Å². The van der Waals surface area contributed by atoms with Gasteiger partial charge in [-0.25, -0.2) is 0 Å². The molecule has 1 aliphatic rings. The molecule has 0 unspecified atom stereocenters. The zero-order valence-corrected chi connectivity index (χ0v) is 11.6. The van der Waals surface area contributed by atoms with Gasteiger partial charge in [0.2, 0.25) is 0 Å². The molecule has 0 aromatic heterocycles. The molecule has 1 aliphatic heterocycles. The minimum Gasteiger partial charge on any atom is -0.493 e. The van der Waals surface area contributed by atoms with Crippen molar-refractivity contribution in [2.75, 3.05) is 7.11 Å². The van der Waals surface area contributed by atoms with Crippen LogP contribution in [-0.2, 0) is 0 Å². The largest absolute Gasteiger partial charge is 0.493 e. The summed E-state index contributed by atoms with van der Waals surface area (Å²) >= 11 is 0. The number of benzene rings is 2. The molecule has 0 saturated carbocycles. The van der Waals surface area contributed by atoms with Crippen molar-refractivity contribution in [2.24, 2.45) is 0 Å². The highest BCUT2D eigenvalue weighted by molar-refractivity contribution is 6.01. The van der Waals surface area contributed by atoms with E-state index in [1.807, 2.05) is 49.4 Å². The van der Waals surface area contributed by atoms with Gasteiger partial charge in [-0.15, -0.1) is 0 Å². The summed E-state index contributed by atoms with van der Waals surface area (Å²) in [5.41, 5.74) is 2.62. The molecule has 0 fully saturated rings. The first-order valence-corrected chi connectivity index (χ1v) is 6.62. The molecule has 20 heavy (non-hydrogen) atoms. The quantitative estimate of drug-likeness (QED) is 0.833. The van der Waals surface area contributed by atoms with Crippen LogP contribution in [0.5, 0.6) is 11.5 Å². The molecule has 3 rings (SSSR count). The van der Waals surface area contributed by atoms with Crippen molar-refractivity contribution in [1.82, 2.24) is 0 Å². The summed E-state index contributed by atoms with van der Waals surface area (Å²) in [5.74, 6) is 1.28. The van der Waals surface area contributed by atoms with Crippen LogP contribution in [0, 0.1) is 6.92 Å². The molecule has 0 N–H and O–H groups in total. The monoisotopic (exact) mass is 268 g/mol. The maximum Gasteiger partial charge on any atom is 0.172 e. The van der Waals surface area contributed by atoms with Gasteiger partial charge in [0, 0.05) is 0 Å². The zero-order valence-electron chi connectivity index (χ0n) is 11.6. The van der Waals surface area contributed by atoms with Crippen molar-refractivity contribution >= 4 is 5.78 Å².